The van der Waals surface area contributed by atoms with Gasteiger partial charge < -0.3 is 40.9 Å². The molecule has 4 unspecified atom stereocenters. The molecule has 0 aromatic heterocycles. The molecular formula is C77H108O12. The monoisotopic (exact) mass is 1220 g/mol. The highest BCUT2D eigenvalue weighted by Crippen LogP contribution is 2.58. The van der Waals surface area contributed by atoms with Gasteiger partial charge in [-0.1, -0.05) is 241 Å². The first-order valence-electron chi connectivity index (χ1n) is 31.0. The summed E-state index contributed by atoms with van der Waals surface area (Å²) >= 11 is 0. The second-order valence-electron chi connectivity index (χ2n) is 33.7. The summed E-state index contributed by atoms with van der Waals surface area (Å²) in [5.41, 5.74) is -3.11. The van der Waals surface area contributed by atoms with Gasteiger partial charge >= 0.3 is 23.9 Å². The minimum atomic E-state index is -1.70. The fourth-order valence-electron chi connectivity index (χ4n) is 12.6. The lowest BCUT2D eigenvalue weighted by atomic mass is 9.58. The predicted octanol–water partition coefficient (Wildman–Crippen LogP) is 18.4. The lowest BCUT2D eigenvalue weighted by Gasteiger charge is -2.45. The summed E-state index contributed by atoms with van der Waals surface area (Å²) < 4.78 is 0. The summed E-state index contributed by atoms with van der Waals surface area (Å²) in [7, 11) is 0. The van der Waals surface area contributed by atoms with Crippen LogP contribution >= 0.6 is 0 Å². The van der Waals surface area contributed by atoms with Crippen LogP contribution in [-0.4, -0.2) is 64.7 Å². The van der Waals surface area contributed by atoms with Crippen molar-refractivity contribution in [2.24, 2.45) is 5.41 Å². The van der Waals surface area contributed by atoms with Crippen molar-refractivity contribution in [3.8, 4) is 23.0 Å². The van der Waals surface area contributed by atoms with Crippen LogP contribution in [0.5, 0.6) is 23.0 Å². The van der Waals surface area contributed by atoms with E-state index in [9.17, 15) is 60.0 Å². The van der Waals surface area contributed by atoms with Crippen LogP contribution in [0.2, 0.25) is 0 Å². The molecule has 0 aliphatic carbocycles. The largest absolute Gasteiger partial charge is 0.507 e. The zero-order valence-electron chi connectivity index (χ0n) is 58.3. The normalized spacial score (nSPS) is 15.1. The average Bonchev–Trinajstić information content (AvgIpc) is 0.861. The van der Waals surface area contributed by atoms with E-state index in [-0.39, 0.29) is 71.0 Å². The Balaban J connectivity index is 2.65. The van der Waals surface area contributed by atoms with E-state index in [1.165, 1.54) is 0 Å². The third kappa shape index (κ3) is 16.9. The SMILES string of the molecule is C=C(C(=O)O)C(CC(CC(C(=C)C(=O)O)c1cc(C(C)(C)C)c(O)c(C(C)(C)C)c1)(CC(C(=C)C(=O)O)c1cc(C(C)(C)C)c(O)c(C(C)(C)C)c1)CC(C(=C)C(=O)O)c1cc(C(C)(C)C)c(O)c(C(C)(C)C)c1)c1cc(C(C)(C)C)c(O)c(C(C)(C)C)c1. The van der Waals surface area contributed by atoms with Crippen molar-refractivity contribution in [3.05, 3.63) is 164 Å². The highest BCUT2D eigenvalue weighted by atomic mass is 16.4. The zero-order chi connectivity index (χ0) is 69.2. The molecule has 0 saturated carbocycles. The van der Waals surface area contributed by atoms with Gasteiger partial charge in [0.25, 0.3) is 0 Å². The van der Waals surface area contributed by atoms with Crippen LogP contribution in [0, 0.1) is 5.41 Å². The molecule has 0 fully saturated rings. The molecular weight excluding hydrogens is 1120 g/mol. The van der Waals surface area contributed by atoms with Crippen LogP contribution in [0.1, 0.15) is 282 Å². The van der Waals surface area contributed by atoms with Crippen molar-refractivity contribution in [2.75, 3.05) is 0 Å². The smallest absolute Gasteiger partial charge is 0.331 e. The molecule has 8 N–H and O–H groups in total. The fraction of sp³-hybridized carbons (Fsp3) is 0.532. The third-order valence-electron chi connectivity index (χ3n) is 17.9. The number of aliphatic carboxylic acids is 4. The van der Waals surface area contributed by atoms with Gasteiger partial charge in [-0.15, -0.1) is 0 Å². The molecule has 0 bridgehead atoms. The molecule has 89 heavy (non-hydrogen) atoms. The summed E-state index contributed by atoms with van der Waals surface area (Å²) in [6.07, 6.45) is -1.13. The van der Waals surface area contributed by atoms with Gasteiger partial charge in [0, 0.05) is 46.0 Å². The number of hydrogen-bond acceptors (Lipinski definition) is 8. The Morgan fingerprint density at radius 1 is 0.281 bits per heavy atom. The minimum absolute atomic E-state index is 0.0121. The number of rotatable bonds is 20. The molecule has 0 radical (unpaired) electrons. The molecule has 0 heterocycles. The van der Waals surface area contributed by atoms with Crippen molar-refractivity contribution >= 4 is 23.9 Å². The Morgan fingerprint density at radius 3 is 0.483 bits per heavy atom. The van der Waals surface area contributed by atoms with Crippen LogP contribution in [0.15, 0.2) is 97.1 Å². The minimum Gasteiger partial charge on any atom is -0.507 e. The van der Waals surface area contributed by atoms with Gasteiger partial charge in [0.15, 0.2) is 0 Å². The number of phenols is 4. The lowest BCUT2D eigenvalue weighted by molar-refractivity contribution is -0.133. The molecule has 0 spiro atoms. The first-order chi connectivity index (χ1) is 39.8. The number of carboxylic acid groups (broad SMARTS) is 4. The van der Waals surface area contributed by atoms with E-state index in [0.29, 0.717) is 66.8 Å². The molecule has 0 amide bonds. The van der Waals surface area contributed by atoms with Crippen LogP contribution in [0.4, 0.5) is 0 Å². The maximum absolute atomic E-state index is 14.1. The van der Waals surface area contributed by atoms with Gasteiger partial charge in [-0.25, -0.2) is 19.2 Å². The summed E-state index contributed by atoms with van der Waals surface area (Å²) in [6.45, 7) is 63.5. The zero-order valence-corrected chi connectivity index (χ0v) is 58.3. The summed E-state index contributed by atoms with van der Waals surface area (Å²) in [4.78, 5) is 56.6. The molecule has 12 nitrogen and oxygen atoms in total. The van der Waals surface area contributed by atoms with Crippen molar-refractivity contribution in [1.29, 1.82) is 0 Å². The Labute approximate surface area is 532 Å². The van der Waals surface area contributed by atoms with E-state index in [4.69, 9.17) is 0 Å². The predicted molar refractivity (Wildman–Crippen MR) is 361 cm³/mol. The number of carboxylic acids is 4. The van der Waals surface area contributed by atoms with Crippen LogP contribution < -0.4 is 0 Å². The molecule has 4 atom stereocenters. The van der Waals surface area contributed by atoms with E-state index in [1.54, 1.807) is 48.5 Å². The second kappa shape index (κ2) is 25.3. The Bertz CT molecular complexity index is 2850. The van der Waals surface area contributed by atoms with Gasteiger partial charge in [0.1, 0.15) is 23.0 Å². The van der Waals surface area contributed by atoms with Gasteiger partial charge in [0.05, 0.1) is 0 Å². The molecule has 4 aromatic carbocycles. The summed E-state index contributed by atoms with van der Waals surface area (Å²) in [5.74, 6) is -10.5. The Kier molecular flexibility index (Phi) is 21.1. The molecule has 0 saturated heterocycles. The van der Waals surface area contributed by atoms with Gasteiger partial charge in [-0.2, -0.15) is 0 Å². The van der Waals surface area contributed by atoms with Crippen LogP contribution in [0.3, 0.4) is 0 Å². The molecule has 4 rings (SSSR count). The first-order valence-corrected chi connectivity index (χ1v) is 31.0. The molecule has 0 aliphatic rings. The Morgan fingerprint density at radius 2 is 0.393 bits per heavy atom. The van der Waals surface area contributed by atoms with Crippen molar-refractivity contribution < 1.29 is 60.0 Å². The molecule has 12 heteroatoms. The second-order valence-corrected chi connectivity index (χ2v) is 33.7. The van der Waals surface area contributed by atoms with E-state index in [2.05, 4.69) is 26.3 Å². The van der Waals surface area contributed by atoms with Crippen molar-refractivity contribution in [3.63, 3.8) is 0 Å². The maximum Gasteiger partial charge on any atom is 0.331 e. The highest BCUT2D eigenvalue weighted by molar-refractivity contribution is 5.90. The number of phenolic OH excluding ortho intramolecular Hbond substituents is 4. The van der Waals surface area contributed by atoms with E-state index < -0.39 is 96.3 Å². The van der Waals surface area contributed by atoms with Gasteiger partial charge in [-0.05, 0) is 141 Å². The topological polar surface area (TPSA) is 230 Å². The summed E-state index contributed by atoms with van der Waals surface area (Å²) in [5, 5.41) is 95.1. The van der Waals surface area contributed by atoms with E-state index >= 15 is 0 Å². The Hall–Kier alpha value is -7.08. The number of hydrogen-bond donors (Lipinski definition) is 8. The maximum atomic E-state index is 14.1. The quantitative estimate of drug-likeness (QED) is 0.0387. The number of aromatic hydroxyl groups is 4. The highest BCUT2D eigenvalue weighted by Gasteiger charge is 2.47. The standard InChI is InChI=1S/C77H108O12/c1-41(65(82)83)49(45-29-53(69(5,6)7)61(78)54(30-45)70(8,9)10)37-77(38-50(42(2)66(84)85)46-31-55(71(11,12)13)62(79)56(32-46)72(14,15)16,39-51(43(3)67(86)87)47-33-57(73(17,18)19)63(80)58(34-47)74(20,21)22)40-52(44(4)68(88)89)48-35-59(75(23,24)25)64(81)60(36-48)76(26,27)28/h29-36,49-52,78-81H,1-4,37-40H2,5-28H3,(H,82,83)(H,84,85)(H,86,87)(H,88,89). The van der Waals surface area contributed by atoms with E-state index in [1.807, 2.05) is 166 Å². The third-order valence-corrected chi connectivity index (χ3v) is 17.9. The van der Waals surface area contributed by atoms with Crippen molar-refractivity contribution in [1.82, 2.24) is 0 Å². The van der Waals surface area contributed by atoms with Gasteiger partial charge in [-0.3, -0.25) is 0 Å². The molecule has 488 valence electrons. The van der Waals surface area contributed by atoms with Crippen molar-refractivity contribution in [2.45, 2.75) is 259 Å². The van der Waals surface area contributed by atoms with E-state index in [0.717, 1.165) is 0 Å². The van der Waals surface area contributed by atoms with Crippen LogP contribution in [-0.2, 0) is 62.5 Å². The lowest BCUT2D eigenvalue weighted by Crippen LogP contribution is -2.35. The number of carbonyl (C=O) groups is 4. The average molecular weight is 1230 g/mol. The molecule has 4 aromatic rings. The van der Waals surface area contributed by atoms with Crippen LogP contribution in [0.25, 0.3) is 0 Å². The van der Waals surface area contributed by atoms with Gasteiger partial charge in [0.2, 0.25) is 0 Å². The first kappa shape index (κ1) is 74.4. The fourth-order valence-corrected chi connectivity index (χ4v) is 12.6. The number of benzene rings is 4. The summed E-state index contributed by atoms with van der Waals surface area (Å²) in [6, 6.07) is 14.1. The molecule has 0 aliphatic heterocycles.